The molecular weight excluding hydrogens is 224 g/mol. The Bertz CT molecular complexity index is 375. The first-order chi connectivity index (χ1) is 8.29. The van der Waals surface area contributed by atoms with Gasteiger partial charge in [-0.15, -0.1) is 0 Å². The van der Waals surface area contributed by atoms with Crippen molar-refractivity contribution >= 4 is 0 Å². The Balaban J connectivity index is 2.48. The van der Waals surface area contributed by atoms with Gasteiger partial charge in [-0.3, -0.25) is 0 Å². The Kier molecular flexibility index (Phi) is 5.21. The fourth-order valence-electron chi connectivity index (χ4n) is 1.88. The molecule has 0 fully saturated rings. The third-order valence-corrected chi connectivity index (χ3v) is 3.01. The summed E-state index contributed by atoms with van der Waals surface area (Å²) in [5.74, 6) is 0.924. The molecule has 0 spiro atoms. The second kappa shape index (κ2) is 6.24. The average molecular weight is 250 g/mol. The minimum absolute atomic E-state index is 0.370. The van der Waals surface area contributed by atoms with Gasteiger partial charge >= 0.3 is 0 Å². The van der Waals surface area contributed by atoms with Crippen molar-refractivity contribution in [3.63, 3.8) is 0 Å². The van der Waals surface area contributed by atoms with E-state index < -0.39 is 6.10 Å². The van der Waals surface area contributed by atoms with E-state index in [-0.39, 0.29) is 0 Å². The lowest BCUT2D eigenvalue weighted by molar-refractivity contribution is 0.199. The fourth-order valence-corrected chi connectivity index (χ4v) is 1.88. The molecule has 0 aliphatic heterocycles. The molecule has 0 bridgehead atoms. The van der Waals surface area contributed by atoms with E-state index in [0.29, 0.717) is 5.41 Å². The molecule has 18 heavy (non-hydrogen) atoms. The second-order valence-electron chi connectivity index (χ2n) is 6.21. The van der Waals surface area contributed by atoms with E-state index in [4.69, 9.17) is 4.74 Å². The molecule has 2 heteroatoms. The van der Waals surface area contributed by atoms with Crippen molar-refractivity contribution < 1.29 is 9.84 Å². The maximum absolute atomic E-state index is 9.50. The van der Waals surface area contributed by atoms with Crippen molar-refractivity contribution in [1.29, 1.82) is 0 Å². The van der Waals surface area contributed by atoms with Gasteiger partial charge in [-0.25, -0.2) is 0 Å². The zero-order valence-electron chi connectivity index (χ0n) is 12.3. The summed E-state index contributed by atoms with van der Waals surface area (Å²) in [6.07, 6.45) is 1.82. The number of aryl methyl sites for hydroxylation is 1. The molecule has 1 N–H and O–H groups in total. The molecule has 1 rings (SSSR count). The summed E-state index contributed by atoms with van der Waals surface area (Å²) in [7, 11) is 0. The maximum Gasteiger partial charge on any atom is 0.122 e. The van der Waals surface area contributed by atoms with E-state index in [9.17, 15) is 5.11 Å². The van der Waals surface area contributed by atoms with Crippen LogP contribution in [0.25, 0.3) is 0 Å². The largest absolute Gasteiger partial charge is 0.493 e. The standard InChI is InChI=1S/C16H26O2/c1-12-11-14(13(2)17)7-8-15(12)18-10-6-9-16(3,4)5/h7-8,11,13,17H,6,9-10H2,1-5H3/t13-/m1/s1. The van der Waals surface area contributed by atoms with Gasteiger partial charge < -0.3 is 9.84 Å². The van der Waals surface area contributed by atoms with Crippen molar-refractivity contribution in [2.45, 2.75) is 53.6 Å². The van der Waals surface area contributed by atoms with Gasteiger partial charge in [0.05, 0.1) is 12.7 Å². The van der Waals surface area contributed by atoms with Gasteiger partial charge in [-0.2, -0.15) is 0 Å². The fraction of sp³-hybridized carbons (Fsp3) is 0.625. The summed E-state index contributed by atoms with van der Waals surface area (Å²) >= 11 is 0. The summed E-state index contributed by atoms with van der Waals surface area (Å²) in [6, 6.07) is 5.87. The van der Waals surface area contributed by atoms with Gasteiger partial charge in [-0.1, -0.05) is 26.8 Å². The Morgan fingerprint density at radius 1 is 1.28 bits per heavy atom. The molecule has 0 unspecified atom stereocenters. The average Bonchev–Trinajstić information content (AvgIpc) is 2.24. The Hall–Kier alpha value is -1.02. The van der Waals surface area contributed by atoms with E-state index in [2.05, 4.69) is 20.8 Å². The molecule has 1 atom stereocenters. The molecule has 0 aromatic heterocycles. The molecule has 102 valence electrons. The van der Waals surface area contributed by atoms with E-state index in [0.717, 1.165) is 36.3 Å². The normalized spacial score (nSPS) is 13.4. The molecule has 0 heterocycles. The Morgan fingerprint density at radius 2 is 1.94 bits per heavy atom. The lowest BCUT2D eigenvalue weighted by atomic mass is 9.91. The first-order valence-electron chi connectivity index (χ1n) is 6.71. The zero-order chi connectivity index (χ0) is 13.8. The van der Waals surface area contributed by atoms with Crippen LogP contribution < -0.4 is 4.74 Å². The summed E-state index contributed by atoms with van der Waals surface area (Å²) in [5.41, 5.74) is 2.40. The molecule has 0 aliphatic rings. The summed E-state index contributed by atoms with van der Waals surface area (Å²) < 4.78 is 5.79. The minimum atomic E-state index is -0.418. The van der Waals surface area contributed by atoms with E-state index in [1.165, 1.54) is 0 Å². The van der Waals surface area contributed by atoms with Crippen LogP contribution in [0.3, 0.4) is 0 Å². The number of rotatable bonds is 5. The van der Waals surface area contributed by atoms with Crippen LogP contribution in [0, 0.1) is 12.3 Å². The first-order valence-corrected chi connectivity index (χ1v) is 6.71. The van der Waals surface area contributed by atoms with Crippen molar-refractivity contribution in [1.82, 2.24) is 0 Å². The number of ether oxygens (including phenoxy) is 1. The van der Waals surface area contributed by atoms with Gasteiger partial charge in [0.1, 0.15) is 5.75 Å². The number of benzene rings is 1. The van der Waals surface area contributed by atoms with Crippen LogP contribution >= 0.6 is 0 Å². The maximum atomic E-state index is 9.50. The highest BCUT2D eigenvalue weighted by molar-refractivity contribution is 5.36. The number of hydrogen-bond acceptors (Lipinski definition) is 2. The van der Waals surface area contributed by atoms with Gasteiger partial charge in [0.15, 0.2) is 0 Å². The molecule has 0 saturated heterocycles. The highest BCUT2D eigenvalue weighted by Gasteiger charge is 2.10. The van der Waals surface area contributed by atoms with Crippen LogP contribution in [0.5, 0.6) is 5.75 Å². The quantitative estimate of drug-likeness (QED) is 0.791. The third-order valence-electron chi connectivity index (χ3n) is 3.01. The van der Waals surface area contributed by atoms with Crippen molar-refractivity contribution in [3.8, 4) is 5.75 Å². The Morgan fingerprint density at radius 3 is 2.44 bits per heavy atom. The molecule has 0 saturated carbocycles. The SMILES string of the molecule is Cc1cc([C@@H](C)O)ccc1OCCCC(C)(C)C. The lowest BCUT2D eigenvalue weighted by Crippen LogP contribution is -2.08. The van der Waals surface area contributed by atoms with Crippen LogP contribution in [0.1, 0.15) is 57.8 Å². The van der Waals surface area contributed by atoms with Crippen molar-refractivity contribution in [3.05, 3.63) is 29.3 Å². The molecule has 0 aliphatic carbocycles. The summed E-state index contributed by atoms with van der Waals surface area (Å²) in [4.78, 5) is 0. The van der Waals surface area contributed by atoms with E-state index in [1.54, 1.807) is 6.92 Å². The molecule has 0 radical (unpaired) electrons. The van der Waals surface area contributed by atoms with E-state index >= 15 is 0 Å². The summed E-state index contributed by atoms with van der Waals surface area (Å²) in [6.45, 7) is 11.3. The van der Waals surface area contributed by atoms with Crippen LogP contribution in [0.4, 0.5) is 0 Å². The second-order valence-corrected chi connectivity index (χ2v) is 6.21. The van der Waals surface area contributed by atoms with E-state index in [1.807, 2.05) is 25.1 Å². The highest BCUT2D eigenvalue weighted by atomic mass is 16.5. The van der Waals surface area contributed by atoms with Crippen molar-refractivity contribution in [2.75, 3.05) is 6.61 Å². The Labute approximate surface area is 111 Å². The third kappa shape index (κ3) is 5.09. The molecule has 1 aromatic carbocycles. The van der Waals surface area contributed by atoms with Gasteiger partial charge in [0, 0.05) is 0 Å². The number of hydrogen-bond donors (Lipinski definition) is 1. The first kappa shape index (κ1) is 15.0. The highest BCUT2D eigenvalue weighted by Crippen LogP contribution is 2.24. The topological polar surface area (TPSA) is 29.5 Å². The molecule has 1 aromatic rings. The minimum Gasteiger partial charge on any atom is -0.493 e. The van der Waals surface area contributed by atoms with Crippen LogP contribution in [-0.2, 0) is 0 Å². The number of aliphatic hydroxyl groups is 1. The molecule has 2 nitrogen and oxygen atoms in total. The van der Waals surface area contributed by atoms with Crippen LogP contribution in [0.2, 0.25) is 0 Å². The smallest absolute Gasteiger partial charge is 0.122 e. The predicted octanol–water partition coefficient (Wildman–Crippen LogP) is 4.25. The lowest BCUT2D eigenvalue weighted by Gasteiger charge is -2.18. The van der Waals surface area contributed by atoms with Crippen LogP contribution in [0.15, 0.2) is 18.2 Å². The molecule has 0 amide bonds. The van der Waals surface area contributed by atoms with Gasteiger partial charge in [-0.05, 0) is 55.4 Å². The van der Waals surface area contributed by atoms with Crippen molar-refractivity contribution in [2.24, 2.45) is 5.41 Å². The zero-order valence-corrected chi connectivity index (χ0v) is 12.3. The monoisotopic (exact) mass is 250 g/mol. The summed E-state index contributed by atoms with van der Waals surface area (Å²) in [5, 5.41) is 9.50. The van der Waals surface area contributed by atoms with Gasteiger partial charge in [0.2, 0.25) is 0 Å². The molecular formula is C16H26O2. The van der Waals surface area contributed by atoms with Gasteiger partial charge in [0.25, 0.3) is 0 Å². The predicted molar refractivity (Wildman–Crippen MR) is 76.0 cm³/mol. The van der Waals surface area contributed by atoms with Crippen LogP contribution in [-0.4, -0.2) is 11.7 Å². The number of aliphatic hydroxyl groups excluding tert-OH is 1.